The van der Waals surface area contributed by atoms with Gasteiger partial charge in [-0.3, -0.25) is 9.69 Å². The quantitative estimate of drug-likeness (QED) is 0.487. The van der Waals surface area contributed by atoms with Crippen molar-refractivity contribution in [3.63, 3.8) is 0 Å². The van der Waals surface area contributed by atoms with E-state index in [1.165, 1.54) is 4.90 Å². The fraction of sp³-hybridized carbons (Fsp3) is 0.200. The van der Waals surface area contributed by atoms with Crippen molar-refractivity contribution >= 4 is 34.2 Å². The van der Waals surface area contributed by atoms with E-state index >= 15 is 0 Å². The van der Waals surface area contributed by atoms with E-state index in [1.54, 1.807) is 0 Å². The third kappa shape index (κ3) is 2.70. The van der Waals surface area contributed by atoms with Crippen LogP contribution < -0.4 is 4.90 Å². The van der Waals surface area contributed by atoms with Crippen LogP contribution in [-0.4, -0.2) is 16.9 Å². The van der Waals surface area contributed by atoms with Crippen molar-refractivity contribution in [2.24, 2.45) is 0 Å². The van der Waals surface area contributed by atoms with Crippen molar-refractivity contribution in [2.45, 2.75) is 0 Å². The number of rotatable bonds is 3. The number of benzene rings is 1. The maximum Gasteiger partial charge on any atom is 0.237 e. The van der Waals surface area contributed by atoms with E-state index in [4.69, 9.17) is 5.26 Å². The van der Waals surface area contributed by atoms with Gasteiger partial charge >= 0.3 is 0 Å². The van der Waals surface area contributed by atoms with E-state index in [2.05, 4.69) is 0 Å². The molecule has 1 amide bonds. The highest BCUT2D eigenvalue weighted by atomic mass is 127. The van der Waals surface area contributed by atoms with Gasteiger partial charge in [0.25, 0.3) is 0 Å². The van der Waals surface area contributed by atoms with Gasteiger partial charge in [-0.2, -0.15) is 5.26 Å². The number of nitrogens with zero attached hydrogens (tertiary/aromatic N) is 2. The lowest BCUT2D eigenvalue weighted by Crippen LogP contribution is -2.31. The first-order valence-corrected chi connectivity index (χ1v) is 5.60. The van der Waals surface area contributed by atoms with Crippen LogP contribution in [-0.2, 0) is 4.79 Å². The summed E-state index contributed by atoms with van der Waals surface area (Å²) >= 11 is 1.99. The van der Waals surface area contributed by atoms with Crippen LogP contribution in [0.2, 0.25) is 0 Å². The van der Waals surface area contributed by atoms with Crippen molar-refractivity contribution in [1.82, 2.24) is 0 Å². The number of halogens is 1. The number of para-hydroxylation sites is 1. The van der Waals surface area contributed by atoms with Gasteiger partial charge in [0, 0.05) is 5.69 Å². The van der Waals surface area contributed by atoms with Gasteiger partial charge in [-0.05, 0) is 12.1 Å². The zero-order chi connectivity index (χ0) is 10.4. The van der Waals surface area contributed by atoms with Gasteiger partial charge in [-0.1, -0.05) is 40.8 Å². The number of carbonyl (C=O) groups is 1. The molecule has 72 valence electrons. The van der Waals surface area contributed by atoms with Gasteiger partial charge in [0.05, 0.1) is 10.5 Å². The SMILES string of the molecule is N#CCN(C(=O)CI)c1ccccc1. The van der Waals surface area contributed by atoms with Crippen LogP contribution in [0.25, 0.3) is 0 Å². The molecule has 0 unspecified atom stereocenters. The Morgan fingerprint density at radius 3 is 2.57 bits per heavy atom. The fourth-order valence-electron chi connectivity index (χ4n) is 1.07. The van der Waals surface area contributed by atoms with Crippen molar-refractivity contribution < 1.29 is 4.79 Å². The zero-order valence-electron chi connectivity index (χ0n) is 7.48. The summed E-state index contributed by atoms with van der Waals surface area (Å²) in [6, 6.07) is 11.2. The van der Waals surface area contributed by atoms with E-state index in [0.717, 1.165) is 5.69 Å². The first-order valence-electron chi connectivity index (χ1n) is 4.08. The van der Waals surface area contributed by atoms with Crippen molar-refractivity contribution in [2.75, 3.05) is 15.9 Å². The lowest BCUT2D eigenvalue weighted by Gasteiger charge is -2.18. The third-order valence-electron chi connectivity index (χ3n) is 1.71. The standard InChI is InChI=1S/C10H9IN2O/c11-8-10(14)13(7-6-12)9-4-2-1-3-5-9/h1-5H,7-8H2. The number of alkyl halides is 1. The molecule has 1 aromatic carbocycles. The average molecular weight is 300 g/mol. The van der Waals surface area contributed by atoms with Gasteiger partial charge in [0.15, 0.2) is 0 Å². The van der Waals surface area contributed by atoms with Crippen molar-refractivity contribution in [1.29, 1.82) is 5.26 Å². The van der Waals surface area contributed by atoms with Crippen LogP contribution in [0.1, 0.15) is 0 Å². The summed E-state index contributed by atoms with van der Waals surface area (Å²) in [5.74, 6) is -0.0432. The molecule has 0 aromatic heterocycles. The van der Waals surface area contributed by atoms with Gasteiger partial charge in [0.2, 0.25) is 5.91 Å². The summed E-state index contributed by atoms with van der Waals surface area (Å²) in [6.45, 7) is 0.103. The van der Waals surface area contributed by atoms with Gasteiger partial charge < -0.3 is 0 Å². The Balaban J connectivity index is 2.90. The topological polar surface area (TPSA) is 44.1 Å². The molecule has 0 spiro atoms. The highest BCUT2D eigenvalue weighted by Crippen LogP contribution is 2.13. The Morgan fingerprint density at radius 1 is 1.43 bits per heavy atom. The normalized spacial score (nSPS) is 9.14. The Bertz CT molecular complexity index is 345. The molecule has 0 N–H and O–H groups in total. The molecule has 0 aliphatic rings. The minimum atomic E-state index is -0.0432. The molecule has 0 aliphatic carbocycles. The summed E-state index contributed by atoms with van der Waals surface area (Å²) in [5, 5.41) is 8.60. The van der Waals surface area contributed by atoms with Crippen molar-refractivity contribution in [3.05, 3.63) is 30.3 Å². The number of anilines is 1. The predicted molar refractivity (Wildman–Crippen MR) is 63.3 cm³/mol. The lowest BCUT2D eigenvalue weighted by atomic mass is 10.3. The minimum Gasteiger partial charge on any atom is -0.298 e. The van der Waals surface area contributed by atoms with Gasteiger partial charge in [0.1, 0.15) is 6.54 Å². The predicted octanol–water partition coefficient (Wildman–Crippen LogP) is 1.98. The highest BCUT2D eigenvalue weighted by Gasteiger charge is 2.12. The maximum atomic E-state index is 11.5. The molecule has 1 rings (SSSR count). The Morgan fingerprint density at radius 2 is 2.07 bits per heavy atom. The molecule has 1 aromatic rings. The summed E-state index contributed by atoms with van der Waals surface area (Å²) in [6.07, 6.45) is 0. The molecule has 0 radical (unpaired) electrons. The summed E-state index contributed by atoms with van der Waals surface area (Å²) in [5.41, 5.74) is 0.774. The summed E-state index contributed by atoms with van der Waals surface area (Å²) < 4.78 is 0.383. The Kier molecular flexibility index (Phi) is 4.40. The lowest BCUT2D eigenvalue weighted by molar-refractivity contribution is -0.115. The molecular formula is C10H9IN2O. The maximum absolute atomic E-state index is 11.5. The van der Waals surface area contributed by atoms with E-state index in [9.17, 15) is 4.79 Å². The first kappa shape index (κ1) is 11.0. The molecule has 0 fully saturated rings. The Hall–Kier alpha value is -1.09. The highest BCUT2D eigenvalue weighted by molar-refractivity contribution is 14.1. The largest absolute Gasteiger partial charge is 0.298 e. The molecule has 0 saturated heterocycles. The average Bonchev–Trinajstić information content (AvgIpc) is 2.26. The van der Waals surface area contributed by atoms with E-state index in [-0.39, 0.29) is 12.5 Å². The smallest absolute Gasteiger partial charge is 0.237 e. The third-order valence-corrected chi connectivity index (χ3v) is 2.36. The van der Waals surface area contributed by atoms with E-state index in [0.29, 0.717) is 4.43 Å². The first-order chi connectivity index (χ1) is 6.79. The van der Waals surface area contributed by atoms with Crippen LogP contribution in [0.3, 0.4) is 0 Å². The van der Waals surface area contributed by atoms with Gasteiger partial charge in [-0.25, -0.2) is 0 Å². The van der Waals surface area contributed by atoms with Crippen LogP contribution in [0, 0.1) is 11.3 Å². The van der Waals surface area contributed by atoms with Crippen LogP contribution in [0.15, 0.2) is 30.3 Å². The monoisotopic (exact) mass is 300 g/mol. The molecule has 3 nitrogen and oxygen atoms in total. The van der Waals surface area contributed by atoms with E-state index in [1.807, 2.05) is 59.0 Å². The molecule has 0 saturated carbocycles. The van der Waals surface area contributed by atoms with Crippen LogP contribution in [0.5, 0.6) is 0 Å². The fourth-order valence-corrected chi connectivity index (χ4v) is 1.49. The minimum absolute atomic E-state index is 0.0432. The molecular weight excluding hydrogens is 291 g/mol. The molecule has 0 bridgehead atoms. The number of nitriles is 1. The zero-order valence-corrected chi connectivity index (χ0v) is 9.64. The number of hydrogen-bond acceptors (Lipinski definition) is 2. The molecule has 4 heteroatoms. The number of hydrogen-bond donors (Lipinski definition) is 0. The van der Waals surface area contributed by atoms with Gasteiger partial charge in [-0.15, -0.1) is 0 Å². The van der Waals surface area contributed by atoms with Crippen molar-refractivity contribution in [3.8, 4) is 6.07 Å². The van der Waals surface area contributed by atoms with E-state index < -0.39 is 0 Å². The number of carbonyl (C=O) groups excluding carboxylic acids is 1. The second-order valence-corrected chi connectivity index (χ2v) is 3.37. The summed E-state index contributed by atoms with van der Waals surface area (Å²) in [4.78, 5) is 12.9. The Labute approximate surface area is 96.5 Å². The second kappa shape index (κ2) is 5.60. The van der Waals surface area contributed by atoms with Crippen LogP contribution >= 0.6 is 22.6 Å². The summed E-state index contributed by atoms with van der Waals surface area (Å²) in [7, 11) is 0. The number of amides is 1. The molecule has 14 heavy (non-hydrogen) atoms. The molecule has 0 aliphatic heterocycles. The second-order valence-electron chi connectivity index (χ2n) is 2.61. The molecule has 0 heterocycles. The molecule has 0 atom stereocenters. The van der Waals surface area contributed by atoms with Crippen LogP contribution in [0.4, 0.5) is 5.69 Å².